The van der Waals surface area contributed by atoms with E-state index in [4.69, 9.17) is 0 Å². The number of hydrogen-bond acceptors (Lipinski definition) is 6. The molecule has 1 N–H and O–H groups in total. The van der Waals surface area contributed by atoms with Crippen molar-refractivity contribution in [3.63, 3.8) is 0 Å². The summed E-state index contributed by atoms with van der Waals surface area (Å²) in [5.41, 5.74) is 2.92. The summed E-state index contributed by atoms with van der Waals surface area (Å²) in [6.07, 6.45) is 2.35. The lowest BCUT2D eigenvalue weighted by molar-refractivity contribution is -0.384. The molecular formula is C27H25N5O3S. The number of nitro groups is 1. The lowest BCUT2D eigenvalue weighted by Gasteiger charge is -2.20. The van der Waals surface area contributed by atoms with E-state index in [9.17, 15) is 14.9 Å². The number of carbonyl (C=O) groups excluding carboxylic acids is 1. The zero-order valence-corrected chi connectivity index (χ0v) is 20.3. The van der Waals surface area contributed by atoms with Crippen molar-refractivity contribution in [2.45, 2.75) is 36.2 Å². The summed E-state index contributed by atoms with van der Waals surface area (Å²) >= 11 is 1.53. The molecule has 182 valence electrons. The Labute approximate surface area is 212 Å². The second-order valence-electron chi connectivity index (χ2n) is 8.75. The van der Waals surface area contributed by atoms with Gasteiger partial charge in [0.2, 0.25) is 5.91 Å². The van der Waals surface area contributed by atoms with Crippen molar-refractivity contribution < 1.29 is 9.72 Å². The van der Waals surface area contributed by atoms with Crippen LogP contribution in [0, 0.1) is 16.0 Å². The van der Waals surface area contributed by atoms with Crippen molar-refractivity contribution in [2.24, 2.45) is 5.92 Å². The van der Waals surface area contributed by atoms with Gasteiger partial charge < -0.3 is 5.32 Å². The van der Waals surface area contributed by atoms with Crippen LogP contribution in [0.25, 0.3) is 5.69 Å². The predicted octanol–water partition coefficient (Wildman–Crippen LogP) is 5.28. The molecule has 4 aromatic rings. The average molecular weight is 500 g/mol. The van der Waals surface area contributed by atoms with Crippen LogP contribution in [0.15, 0.2) is 90.1 Å². The second-order valence-corrected chi connectivity index (χ2v) is 9.69. The van der Waals surface area contributed by atoms with Gasteiger partial charge in [-0.05, 0) is 42.5 Å². The van der Waals surface area contributed by atoms with E-state index in [0.29, 0.717) is 28.8 Å². The van der Waals surface area contributed by atoms with Crippen LogP contribution in [0.1, 0.15) is 35.8 Å². The van der Waals surface area contributed by atoms with E-state index in [1.54, 1.807) is 12.1 Å². The Morgan fingerprint density at radius 1 is 0.972 bits per heavy atom. The van der Waals surface area contributed by atoms with Crippen LogP contribution in [0.4, 0.5) is 5.69 Å². The normalized spacial score (nSPS) is 13.8. The molecule has 1 heterocycles. The lowest BCUT2D eigenvalue weighted by Crippen LogP contribution is -2.33. The zero-order valence-electron chi connectivity index (χ0n) is 19.5. The number of amides is 1. The van der Waals surface area contributed by atoms with Crippen LogP contribution in [0.3, 0.4) is 0 Å². The second kappa shape index (κ2) is 10.7. The van der Waals surface area contributed by atoms with Gasteiger partial charge in [-0.25, -0.2) is 0 Å². The molecule has 0 spiro atoms. The fourth-order valence-corrected chi connectivity index (χ4v) is 4.90. The summed E-state index contributed by atoms with van der Waals surface area (Å²) < 4.78 is 1.90. The summed E-state index contributed by atoms with van der Waals surface area (Å²) in [5, 5.41) is 24.1. The summed E-state index contributed by atoms with van der Waals surface area (Å²) in [6, 6.07) is 25.9. The number of aromatic nitrogens is 3. The van der Waals surface area contributed by atoms with Gasteiger partial charge in [0.15, 0.2) is 11.0 Å². The van der Waals surface area contributed by atoms with Crippen LogP contribution in [0.2, 0.25) is 0 Å². The summed E-state index contributed by atoms with van der Waals surface area (Å²) in [5.74, 6) is 1.35. The molecule has 0 radical (unpaired) electrons. The fourth-order valence-electron chi connectivity index (χ4n) is 3.98. The molecule has 1 aliphatic rings. The fraction of sp³-hybridized carbons (Fsp3) is 0.222. The zero-order chi connectivity index (χ0) is 24.9. The third kappa shape index (κ3) is 5.63. The van der Waals surface area contributed by atoms with Crippen LogP contribution in [-0.2, 0) is 17.0 Å². The minimum Gasteiger partial charge on any atom is -0.345 e. The van der Waals surface area contributed by atoms with E-state index in [-0.39, 0.29) is 17.5 Å². The van der Waals surface area contributed by atoms with Gasteiger partial charge in [-0.2, -0.15) is 0 Å². The number of nitrogens with zero attached hydrogens (tertiary/aromatic N) is 4. The van der Waals surface area contributed by atoms with Gasteiger partial charge in [-0.15, -0.1) is 10.2 Å². The molecule has 1 saturated carbocycles. The third-order valence-electron chi connectivity index (χ3n) is 6.05. The van der Waals surface area contributed by atoms with E-state index >= 15 is 0 Å². The van der Waals surface area contributed by atoms with Crippen LogP contribution >= 0.6 is 11.8 Å². The van der Waals surface area contributed by atoms with E-state index in [1.165, 1.54) is 23.9 Å². The molecule has 0 saturated heterocycles. The first-order valence-electron chi connectivity index (χ1n) is 11.8. The van der Waals surface area contributed by atoms with E-state index < -0.39 is 11.0 Å². The number of nitrogens with one attached hydrogen (secondary N) is 1. The molecule has 1 aliphatic carbocycles. The number of rotatable bonds is 10. The van der Waals surface area contributed by atoms with Crippen LogP contribution < -0.4 is 5.32 Å². The molecule has 0 aliphatic heterocycles. The molecule has 1 fully saturated rings. The van der Waals surface area contributed by atoms with Crippen molar-refractivity contribution in [3.8, 4) is 5.69 Å². The predicted molar refractivity (Wildman–Crippen MR) is 138 cm³/mol. The highest BCUT2D eigenvalue weighted by molar-refractivity contribution is 7.98. The highest BCUT2D eigenvalue weighted by Crippen LogP contribution is 2.32. The first-order chi connectivity index (χ1) is 17.6. The number of hydrogen-bond donors (Lipinski definition) is 1. The Bertz CT molecular complexity index is 1340. The van der Waals surface area contributed by atoms with Crippen LogP contribution in [0.5, 0.6) is 0 Å². The molecule has 8 nitrogen and oxygen atoms in total. The van der Waals surface area contributed by atoms with Gasteiger partial charge in [0.05, 0.1) is 11.0 Å². The van der Waals surface area contributed by atoms with E-state index in [1.807, 2.05) is 53.1 Å². The molecule has 5 rings (SSSR count). The van der Waals surface area contributed by atoms with Crippen LogP contribution in [-0.4, -0.2) is 25.6 Å². The number of non-ortho nitro benzene ring substituents is 1. The van der Waals surface area contributed by atoms with Crippen molar-refractivity contribution in [1.82, 2.24) is 20.1 Å². The maximum absolute atomic E-state index is 12.8. The first kappa shape index (κ1) is 23.7. The summed E-state index contributed by atoms with van der Waals surface area (Å²) in [4.78, 5) is 23.6. The summed E-state index contributed by atoms with van der Waals surface area (Å²) in [6.45, 7) is 0. The Kier molecular flexibility index (Phi) is 7.08. The number of thioether (sulfide) groups is 1. The standard InChI is InChI=1S/C27H25N5O3S/c33-26(21-11-12-21)28-24(17-19-7-3-1-4-8-19)25-29-30-27(36-18-20-9-5-2-6-10-20)31(25)22-13-15-23(16-14-22)32(34)35/h1-10,13-16,21,24H,11-12,17-18H2,(H,28,33). The maximum Gasteiger partial charge on any atom is 0.269 e. The molecule has 1 amide bonds. The molecule has 1 unspecified atom stereocenters. The molecular weight excluding hydrogens is 474 g/mol. The molecule has 9 heteroatoms. The average Bonchev–Trinajstić information content (AvgIpc) is 3.68. The highest BCUT2D eigenvalue weighted by Gasteiger charge is 2.33. The van der Waals surface area contributed by atoms with Gasteiger partial charge in [0, 0.05) is 29.5 Å². The quantitative estimate of drug-likeness (QED) is 0.181. The SMILES string of the molecule is O=C(NC(Cc1ccccc1)c1nnc(SCc2ccccc2)n1-c1ccc([N+](=O)[O-])cc1)C1CC1. The van der Waals surface area contributed by atoms with Crippen molar-refractivity contribution in [3.05, 3.63) is 112 Å². The Hall–Kier alpha value is -3.98. The lowest BCUT2D eigenvalue weighted by atomic mass is 10.0. The molecule has 1 atom stereocenters. The van der Waals surface area contributed by atoms with Gasteiger partial charge in [-0.1, -0.05) is 72.4 Å². The summed E-state index contributed by atoms with van der Waals surface area (Å²) in [7, 11) is 0. The molecule has 1 aromatic heterocycles. The van der Waals surface area contributed by atoms with Crippen molar-refractivity contribution in [2.75, 3.05) is 0 Å². The van der Waals surface area contributed by atoms with Gasteiger partial charge in [0.1, 0.15) is 0 Å². The minimum atomic E-state index is -0.421. The minimum absolute atomic E-state index is 0.00901. The topological polar surface area (TPSA) is 103 Å². The molecule has 3 aromatic carbocycles. The Morgan fingerprint density at radius 2 is 1.61 bits per heavy atom. The van der Waals surface area contributed by atoms with E-state index in [2.05, 4.69) is 27.6 Å². The molecule has 0 bridgehead atoms. The highest BCUT2D eigenvalue weighted by atomic mass is 32.2. The van der Waals surface area contributed by atoms with Crippen molar-refractivity contribution >= 4 is 23.4 Å². The van der Waals surface area contributed by atoms with E-state index in [0.717, 1.165) is 24.0 Å². The number of carbonyl (C=O) groups is 1. The largest absolute Gasteiger partial charge is 0.345 e. The smallest absolute Gasteiger partial charge is 0.269 e. The monoisotopic (exact) mass is 499 g/mol. The number of nitro benzene ring substituents is 1. The number of benzene rings is 3. The molecule has 36 heavy (non-hydrogen) atoms. The van der Waals surface area contributed by atoms with Gasteiger partial charge in [0.25, 0.3) is 5.69 Å². The Morgan fingerprint density at radius 3 is 2.22 bits per heavy atom. The Balaban J connectivity index is 1.53. The maximum atomic E-state index is 12.8. The first-order valence-corrected chi connectivity index (χ1v) is 12.8. The third-order valence-corrected chi connectivity index (χ3v) is 7.05. The van der Waals surface area contributed by atoms with Crippen molar-refractivity contribution in [1.29, 1.82) is 0 Å². The van der Waals surface area contributed by atoms with Gasteiger partial charge in [-0.3, -0.25) is 19.5 Å². The van der Waals surface area contributed by atoms with Gasteiger partial charge >= 0.3 is 0 Å².